The monoisotopic (exact) mass is 166 g/mol. The van der Waals surface area contributed by atoms with Gasteiger partial charge in [0.05, 0.1) is 0 Å². The van der Waals surface area contributed by atoms with Crippen LogP contribution in [-0.4, -0.2) is 40.0 Å². The first kappa shape index (κ1) is 8.45. The molecular formula is C7H8N3O2. The van der Waals surface area contributed by atoms with Crippen LogP contribution >= 0.6 is 0 Å². The van der Waals surface area contributed by atoms with Crippen LogP contribution < -0.4 is 0 Å². The summed E-state index contributed by atoms with van der Waals surface area (Å²) in [6.45, 7) is 0. The maximum atomic E-state index is 11.2. The van der Waals surface area contributed by atoms with Crippen LogP contribution in [0.3, 0.4) is 0 Å². The number of carbonyl (C=O) groups is 1. The van der Waals surface area contributed by atoms with Gasteiger partial charge in [0.25, 0.3) is 5.91 Å². The molecule has 1 aromatic heterocycles. The second kappa shape index (κ2) is 3.17. The van der Waals surface area contributed by atoms with Crippen LogP contribution in [0.25, 0.3) is 0 Å². The van der Waals surface area contributed by atoms with Crippen LogP contribution in [0.2, 0.25) is 0 Å². The molecule has 0 aliphatic rings. The zero-order valence-corrected chi connectivity index (χ0v) is 6.77. The number of nitrogens with zero attached hydrogens (tertiary/aromatic N) is 3. The third-order valence-corrected chi connectivity index (χ3v) is 1.25. The van der Waals surface area contributed by atoms with Gasteiger partial charge in [-0.1, -0.05) is 0 Å². The SMILES string of the molecule is CN(C)C(=O)c1ncn[c]c1O. The molecule has 63 valence electrons. The molecule has 0 saturated heterocycles. The van der Waals surface area contributed by atoms with Crippen molar-refractivity contribution in [1.29, 1.82) is 0 Å². The van der Waals surface area contributed by atoms with Gasteiger partial charge in [0.1, 0.15) is 12.5 Å². The summed E-state index contributed by atoms with van der Waals surface area (Å²) in [6.07, 6.45) is 3.39. The molecule has 12 heavy (non-hydrogen) atoms. The van der Waals surface area contributed by atoms with E-state index >= 15 is 0 Å². The molecule has 0 fully saturated rings. The van der Waals surface area contributed by atoms with Crippen molar-refractivity contribution in [3.8, 4) is 5.75 Å². The molecular weight excluding hydrogens is 158 g/mol. The molecule has 0 aliphatic carbocycles. The van der Waals surface area contributed by atoms with E-state index in [9.17, 15) is 4.79 Å². The Hall–Kier alpha value is -1.65. The highest BCUT2D eigenvalue weighted by atomic mass is 16.3. The molecule has 0 aromatic carbocycles. The fraction of sp³-hybridized carbons (Fsp3) is 0.286. The lowest BCUT2D eigenvalue weighted by Gasteiger charge is -2.08. The largest absolute Gasteiger partial charge is 0.504 e. The first-order valence-electron chi connectivity index (χ1n) is 3.26. The smallest absolute Gasteiger partial charge is 0.275 e. The minimum absolute atomic E-state index is 0.0324. The molecule has 0 aliphatic heterocycles. The van der Waals surface area contributed by atoms with E-state index in [1.54, 1.807) is 14.1 Å². The van der Waals surface area contributed by atoms with Gasteiger partial charge in [0.15, 0.2) is 11.4 Å². The predicted octanol–water partition coefficient (Wildman–Crippen LogP) is -0.316. The molecule has 1 radical (unpaired) electrons. The summed E-state index contributed by atoms with van der Waals surface area (Å²) in [4.78, 5) is 19.6. The van der Waals surface area contributed by atoms with Gasteiger partial charge in [-0.15, -0.1) is 0 Å². The zero-order chi connectivity index (χ0) is 9.14. The van der Waals surface area contributed by atoms with Gasteiger partial charge < -0.3 is 10.0 Å². The van der Waals surface area contributed by atoms with E-state index in [4.69, 9.17) is 5.11 Å². The number of hydrogen-bond donors (Lipinski definition) is 1. The number of hydrogen-bond acceptors (Lipinski definition) is 4. The molecule has 0 spiro atoms. The van der Waals surface area contributed by atoms with Crippen molar-refractivity contribution < 1.29 is 9.90 Å². The Labute approximate surface area is 69.7 Å². The van der Waals surface area contributed by atoms with Crippen LogP contribution in [0.1, 0.15) is 10.5 Å². The molecule has 1 rings (SSSR count). The van der Waals surface area contributed by atoms with Crippen molar-refractivity contribution >= 4 is 5.91 Å². The van der Waals surface area contributed by atoms with Crippen LogP contribution in [-0.2, 0) is 0 Å². The van der Waals surface area contributed by atoms with Gasteiger partial charge in [-0.2, -0.15) is 0 Å². The molecule has 0 saturated carbocycles. The molecule has 5 heteroatoms. The Bertz CT molecular complexity index is 298. The lowest BCUT2D eigenvalue weighted by atomic mass is 10.3. The normalized spacial score (nSPS) is 9.50. The van der Waals surface area contributed by atoms with Crippen molar-refractivity contribution in [1.82, 2.24) is 14.9 Å². The molecule has 5 nitrogen and oxygen atoms in total. The van der Waals surface area contributed by atoms with Crippen LogP contribution in [0.5, 0.6) is 5.75 Å². The summed E-state index contributed by atoms with van der Waals surface area (Å²) >= 11 is 0. The average molecular weight is 166 g/mol. The average Bonchev–Trinajstić information content (AvgIpc) is 2.04. The first-order valence-corrected chi connectivity index (χ1v) is 3.26. The van der Waals surface area contributed by atoms with Gasteiger partial charge in [-0.25, -0.2) is 9.97 Å². The van der Waals surface area contributed by atoms with E-state index in [2.05, 4.69) is 16.2 Å². The van der Waals surface area contributed by atoms with Gasteiger partial charge in [-0.3, -0.25) is 4.79 Å². The van der Waals surface area contributed by atoms with Crippen LogP contribution in [0.4, 0.5) is 0 Å². The second-order valence-corrected chi connectivity index (χ2v) is 2.38. The third kappa shape index (κ3) is 1.50. The van der Waals surface area contributed by atoms with Gasteiger partial charge in [0.2, 0.25) is 0 Å². The zero-order valence-electron chi connectivity index (χ0n) is 6.77. The molecule has 1 amide bonds. The van der Waals surface area contributed by atoms with Crippen molar-refractivity contribution in [3.63, 3.8) is 0 Å². The number of carbonyl (C=O) groups excluding carboxylic acids is 1. The van der Waals surface area contributed by atoms with E-state index in [0.29, 0.717) is 0 Å². The van der Waals surface area contributed by atoms with Gasteiger partial charge in [0, 0.05) is 14.1 Å². The lowest BCUT2D eigenvalue weighted by molar-refractivity contribution is 0.0818. The van der Waals surface area contributed by atoms with Crippen molar-refractivity contribution in [2.45, 2.75) is 0 Å². The minimum Gasteiger partial charge on any atom is -0.504 e. The Morgan fingerprint density at radius 3 is 2.83 bits per heavy atom. The van der Waals surface area contributed by atoms with E-state index in [-0.39, 0.29) is 17.4 Å². The second-order valence-electron chi connectivity index (χ2n) is 2.38. The fourth-order valence-electron chi connectivity index (χ4n) is 0.659. The molecule has 0 bridgehead atoms. The molecule has 0 atom stereocenters. The third-order valence-electron chi connectivity index (χ3n) is 1.25. The highest BCUT2D eigenvalue weighted by Gasteiger charge is 2.14. The minimum atomic E-state index is -0.369. The van der Waals surface area contributed by atoms with E-state index < -0.39 is 0 Å². The summed E-state index contributed by atoms with van der Waals surface area (Å²) in [5.41, 5.74) is -0.0324. The summed E-state index contributed by atoms with van der Waals surface area (Å²) in [6, 6.07) is 0. The maximum Gasteiger partial charge on any atom is 0.275 e. The number of aromatic nitrogens is 2. The molecule has 0 unspecified atom stereocenters. The Balaban J connectivity index is 3.03. The Kier molecular flexibility index (Phi) is 2.23. The van der Waals surface area contributed by atoms with E-state index in [1.807, 2.05) is 0 Å². The highest BCUT2D eigenvalue weighted by Crippen LogP contribution is 2.11. The number of rotatable bonds is 1. The summed E-state index contributed by atoms with van der Waals surface area (Å²) < 4.78 is 0. The van der Waals surface area contributed by atoms with E-state index in [0.717, 1.165) is 6.33 Å². The molecule has 1 aromatic rings. The van der Waals surface area contributed by atoms with Gasteiger partial charge >= 0.3 is 0 Å². The first-order chi connectivity index (χ1) is 5.63. The number of aromatic hydroxyl groups is 1. The summed E-state index contributed by atoms with van der Waals surface area (Å²) in [5, 5.41) is 9.10. The fourth-order valence-corrected chi connectivity index (χ4v) is 0.659. The van der Waals surface area contributed by atoms with Gasteiger partial charge in [-0.05, 0) is 0 Å². The Morgan fingerprint density at radius 1 is 1.67 bits per heavy atom. The Morgan fingerprint density at radius 2 is 2.33 bits per heavy atom. The molecule has 1 heterocycles. The van der Waals surface area contributed by atoms with Crippen LogP contribution in [0, 0.1) is 6.20 Å². The highest BCUT2D eigenvalue weighted by molar-refractivity contribution is 5.94. The standard InChI is InChI=1S/C7H8N3O2/c1-10(2)7(12)6-5(11)3-8-4-9-6/h4,11H,1-2H3. The topological polar surface area (TPSA) is 66.3 Å². The van der Waals surface area contributed by atoms with Crippen LogP contribution in [0.15, 0.2) is 6.33 Å². The predicted molar refractivity (Wildman–Crippen MR) is 40.6 cm³/mol. The summed E-state index contributed by atoms with van der Waals surface area (Å²) in [5.74, 6) is -0.692. The van der Waals surface area contributed by atoms with Crippen molar-refractivity contribution in [2.75, 3.05) is 14.1 Å². The quantitative estimate of drug-likeness (QED) is 0.621. The molecule has 1 N–H and O–H groups in total. The summed E-state index contributed by atoms with van der Waals surface area (Å²) in [7, 11) is 3.15. The lowest BCUT2D eigenvalue weighted by Crippen LogP contribution is -2.22. The van der Waals surface area contributed by atoms with Crippen molar-refractivity contribution in [2.24, 2.45) is 0 Å². The van der Waals surface area contributed by atoms with Crippen molar-refractivity contribution in [3.05, 3.63) is 18.2 Å². The number of amides is 1. The van der Waals surface area contributed by atoms with E-state index in [1.165, 1.54) is 4.90 Å². The maximum absolute atomic E-state index is 11.2.